The van der Waals surface area contributed by atoms with Gasteiger partial charge in [0.2, 0.25) is 0 Å². The van der Waals surface area contributed by atoms with Crippen molar-refractivity contribution in [3.8, 4) is 0 Å². The van der Waals surface area contributed by atoms with E-state index >= 15 is 0 Å². The van der Waals surface area contributed by atoms with E-state index in [4.69, 9.17) is 16.7 Å². The number of halogens is 1. The molecular weight excluding hydrogens is 214 g/mol. The van der Waals surface area contributed by atoms with Crippen LogP contribution in [0.1, 0.15) is 13.8 Å². The second-order valence-electron chi connectivity index (χ2n) is 3.68. The van der Waals surface area contributed by atoms with E-state index < -0.39 is 12.0 Å². The molecule has 15 heavy (non-hydrogen) atoms. The Hall–Kier alpha value is -1.22. The molecule has 0 heterocycles. The van der Waals surface area contributed by atoms with E-state index in [1.165, 1.54) is 0 Å². The molecule has 1 aromatic carbocycles. The van der Waals surface area contributed by atoms with Crippen LogP contribution >= 0.6 is 11.6 Å². The van der Waals surface area contributed by atoms with Crippen molar-refractivity contribution in [3.05, 3.63) is 29.3 Å². The highest BCUT2D eigenvalue weighted by atomic mass is 35.5. The summed E-state index contributed by atoms with van der Waals surface area (Å²) in [4.78, 5) is 11.0. The van der Waals surface area contributed by atoms with Crippen molar-refractivity contribution in [2.75, 3.05) is 5.32 Å². The predicted octanol–water partition coefficient (Wildman–Crippen LogP) is 2.86. The summed E-state index contributed by atoms with van der Waals surface area (Å²) in [5, 5.41) is 12.4. The van der Waals surface area contributed by atoms with E-state index in [1.54, 1.807) is 18.2 Å². The number of carboxylic acids is 1. The van der Waals surface area contributed by atoms with Crippen molar-refractivity contribution in [1.82, 2.24) is 0 Å². The first-order valence-corrected chi connectivity index (χ1v) is 5.14. The lowest BCUT2D eigenvalue weighted by Gasteiger charge is -2.19. The largest absolute Gasteiger partial charge is 0.480 e. The number of aliphatic carboxylic acids is 1. The molecule has 0 radical (unpaired) electrons. The first-order chi connectivity index (χ1) is 7.02. The van der Waals surface area contributed by atoms with Gasteiger partial charge >= 0.3 is 5.97 Å². The fourth-order valence-electron chi connectivity index (χ4n) is 1.26. The fourth-order valence-corrected chi connectivity index (χ4v) is 1.45. The fraction of sp³-hybridized carbons (Fsp3) is 0.364. The van der Waals surface area contributed by atoms with Crippen LogP contribution in [0.25, 0.3) is 0 Å². The highest BCUT2D eigenvalue weighted by molar-refractivity contribution is 6.33. The van der Waals surface area contributed by atoms with Gasteiger partial charge in [0.05, 0.1) is 10.7 Å². The highest BCUT2D eigenvalue weighted by Gasteiger charge is 2.21. The molecule has 1 atom stereocenters. The van der Waals surface area contributed by atoms with Gasteiger partial charge in [0.1, 0.15) is 6.04 Å². The Bertz CT molecular complexity index is 352. The molecule has 3 nitrogen and oxygen atoms in total. The van der Waals surface area contributed by atoms with Gasteiger partial charge in [0.15, 0.2) is 0 Å². The molecule has 0 fully saturated rings. The van der Waals surface area contributed by atoms with E-state index in [0.29, 0.717) is 10.7 Å². The Balaban J connectivity index is 2.84. The highest BCUT2D eigenvalue weighted by Crippen LogP contribution is 2.22. The normalized spacial score (nSPS) is 12.5. The lowest BCUT2D eigenvalue weighted by molar-refractivity contribution is -0.138. The molecule has 0 aromatic heterocycles. The SMILES string of the molecule is CC(C)[C@H](Nc1ccccc1Cl)C(=O)O. The number of hydrogen-bond acceptors (Lipinski definition) is 2. The summed E-state index contributed by atoms with van der Waals surface area (Å²) in [5.41, 5.74) is 0.653. The minimum atomic E-state index is -0.870. The van der Waals surface area contributed by atoms with E-state index in [-0.39, 0.29) is 5.92 Å². The molecule has 1 aromatic rings. The second-order valence-corrected chi connectivity index (χ2v) is 4.09. The third-order valence-electron chi connectivity index (χ3n) is 2.12. The van der Waals surface area contributed by atoms with Crippen molar-refractivity contribution < 1.29 is 9.90 Å². The van der Waals surface area contributed by atoms with Crippen LogP contribution in [0.4, 0.5) is 5.69 Å². The second kappa shape index (κ2) is 5.03. The molecule has 4 heteroatoms. The zero-order valence-corrected chi connectivity index (χ0v) is 9.45. The van der Waals surface area contributed by atoms with Crippen LogP contribution in [0, 0.1) is 5.92 Å². The summed E-state index contributed by atoms with van der Waals surface area (Å²) in [6.45, 7) is 3.70. The number of hydrogen-bond donors (Lipinski definition) is 2. The molecule has 0 amide bonds. The summed E-state index contributed by atoms with van der Waals surface area (Å²) < 4.78 is 0. The third kappa shape index (κ3) is 3.13. The molecule has 0 bridgehead atoms. The zero-order chi connectivity index (χ0) is 11.4. The van der Waals surface area contributed by atoms with Gasteiger partial charge in [-0.15, -0.1) is 0 Å². The lowest BCUT2D eigenvalue weighted by Crippen LogP contribution is -2.34. The number of carboxylic acid groups (broad SMARTS) is 1. The van der Waals surface area contributed by atoms with E-state index in [2.05, 4.69) is 5.32 Å². The van der Waals surface area contributed by atoms with Crippen molar-refractivity contribution in [2.45, 2.75) is 19.9 Å². The molecule has 0 aliphatic rings. The molecular formula is C11H14ClNO2. The van der Waals surface area contributed by atoms with Gasteiger partial charge < -0.3 is 10.4 Å². The number of benzene rings is 1. The van der Waals surface area contributed by atoms with Crippen LogP contribution in [0.2, 0.25) is 5.02 Å². The zero-order valence-electron chi connectivity index (χ0n) is 8.70. The topological polar surface area (TPSA) is 49.3 Å². The number of anilines is 1. The van der Waals surface area contributed by atoms with Gasteiger partial charge in [-0.05, 0) is 18.1 Å². The Kier molecular flexibility index (Phi) is 3.97. The third-order valence-corrected chi connectivity index (χ3v) is 2.45. The van der Waals surface area contributed by atoms with E-state index in [1.807, 2.05) is 19.9 Å². The van der Waals surface area contributed by atoms with Crippen LogP contribution in [0.5, 0.6) is 0 Å². The van der Waals surface area contributed by atoms with Gasteiger partial charge in [0.25, 0.3) is 0 Å². The van der Waals surface area contributed by atoms with E-state index in [0.717, 1.165) is 0 Å². The average Bonchev–Trinajstić information content (AvgIpc) is 2.15. The van der Waals surface area contributed by atoms with Gasteiger partial charge in [-0.1, -0.05) is 37.6 Å². The lowest BCUT2D eigenvalue weighted by atomic mass is 10.0. The van der Waals surface area contributed by atoms with Crippen LogP contribution < -0.4 is 5.32 Å². The van der Waals surface area contributed by atoms with E-state index in [9.17, 15) is 4.79 Å². The summed E-state index contributed by atoms with van der Waals surface area (Å²) in [6.07, 6.45) is 0. The van der Waals surface area contributed by atoms with Crippen molar-refractivity contribution in [1.29, 1.82) is 0 Å². The van der Waals surface area contributed by atoms with Crippen LogP contribution in [0.15, 0.2) is 24.3 Å². The summed E-state index contributed by atoms with van der Waals surface area (Å²) >= 11 is 5.92. The minimum Gasteiger partial charge on any atom is -0.480 e. The van der Waals surface area contributed by atoms with Crippen LogP contribution in [0.3, 0.4) is 0 Å². The number of para-hydroxylation sites is 1. The molecule has 0 aliphatic heterocycles. The predicted molar refractivity (Wildman–Crippen MR) is 61.3 cm³/mol. The van der Waals surface area contributed by atoms with Gasteiger partial charge in [-0.2, -0.15) is 0 Å². The minimum absolute atomic E-state index is 0.00114. The maximum Gasteiger partial charge on any atom is 0.326 e. The molecule has 2 N–H and O–H groups in total. The summed E-state index contributed by atoms with van der Waals surface area (Å²) in [6, 6.07) is 6.49. The molecule has 0 unspecified atom stereocenters. The van der Waals surface area contributed by atoms with Gasteiger partial charge in [-0.3, -0.25) is 0 Å². The number of rotatable bonds is 4. The smallest absolute Gasteiger partial charge is 0.326 e. The first kappa shape index (κ1) is 11.9. The number of nitrogens with one attached hydrogen (secondary N) is 1. The van der Waals surface area contributed by atoms with Crippen LogP contribution in [-0.4, -0.2) is 17.1 Å². The average molecular weight is 228 g/mol. The van der Waals surface area contributed by atoms with Crippen molar-refractivity contribution in [3.63, 3.8) is 0 Å². The summed E-state index contributed by atoms with van der Waals surface area (Å²) in [7, 11) is 0. The molecule has 82 valence electrons. The molecule has 0 saturated heterocycles. The van der Waals surface area contributed by atoms with Gasteiger partial charge in [0, 0.05) is 0 Å². The van der Waals surface area contributed by atoms with Crippen LogP contribution in [-0.2, 0) is 4.79 Å². The molecule has 0 aliphatic carbocycles. The van der Waals surface area contributed by atoms with Gasteiger partial charge in [-0.25, -0.2) is 4.79 Å². The summed E-state index contributed by atoms with van der Waals surface area (Å²) in [5.74, 6) is -0.872. The quantitative estimate of drug-likeness (QED) is 0.832. The number of carbonyl (C=O) groups is 1. The molecule has 1 rings (SSSR count). The standard InChI is InChI=1S/C11H14ClNO2/c1-7(2)10(11(14)15)13-9-6-4-3-5-8(9)12/h3-7,10,13H,1-2H3,(H,14,15)/t10-/m0/s1. The first-order valence-electron chi connectivity index (χ1n) is 4.76. The Morgan fingerprint density at radius 2 is 2.00 bits per heavy atom. The monoisotopic (exact) mass is 227 g/mol. The maximum atomic E-state index is 11.0. The molecule has 0 spiro atoms. The van der Waals surface area contributed by atoms with Crippen molar-refractivity contribution >= 4 is 23.3 Å². The Morgan fingerprint density at radius 3 is 2.47 bits per heavy atom. The van der Waals surface area contributed by atoms with Crippen molar-refractivity contribution in [2.24, 2.45) is 5.92 Å². The molecule has 0 saturated carbocycles. The Labute approximate surface area is 94.1 Å². The Morgan fingerprint density at radius 1 is 1.40 bits per heavy atom. The maximum absolute atomic E-state index is 11.0.